The number of piperazine rings is 1. The van der Waals surface area contributed by atoms with E-state index in [0.29, 0.717) is 24.6 Å². The van der Waals surface area contributed by atoms with Crippen LogP contribution in [0.2, 0.25) is 0 Å². The summed E-state index contributed by atoms with van der Waals surface area (Å²) in [7, 11) is 0.603. The van der Waals surface area contributed by atoms with Crippen molar-refractivity contribution in [3.63, 3.8) is 0 Å². The van der Waals surface area contributed by atoms with Crippen molar-refractivity contribution >= 4 is 44.1 Å². The topological polar surface area (TPSA) is 95.8 Å². The lowest BCUT2D eigenvalue weighted by molar-refractivity contribution is 0.312. The zero-order valence-electron chi connectivity index (χ0n) is 21.5. The number of methoxy groups -OCH3 is 1. The molecule has 198 valence electrons. The molecule has 0 bridgehead atoms. The zero-order chi connectivity index (χ0) is 26.3. The molecule has 2 aromatic heterocycles. The molecular formula is C27H31N7O3S. The van der Waals surface area contributed by atoms with Crippen LogP contribution in [0.4, 0.5) is 23.0 Å². The van der Waals surface area contributed by atoms with Gasteiger partial charge < -0.3 is 24.4 Å². The molecule has 6 rings (SSSR count). The van der Waals surface area contributed by atoms with Crippen molar-refractivity contribution in [2.45, 2.75) is 6.42 Å². The fourth-order valence-corrected chi connectivity index (χ4v) is 6.63. The van der Waals surface area contributed by atoms with Crippen molar-refractivity contribution in [1.29, 1.82) is 0 Å². The largest absolute Gasteiger partial charge is 0.494 e. The van der Waals surface area contributed by atoms with Gasteiger partial charge in [0.2, 0.25) is 16.0 Å². The van der Waals surface area contributed by atoms with E-state index >= 15 is 0 Å². The second-order valence-electron chi connectivity index (χ2n) is 9.72. The van der Waals surface area contributed by atoms with Gasteiger partial charge in [-0.3, -0.25) is 4.31 Å². The lowest BCUT2D eigenvalue weighted by atomic mass is 10.2. The maximum atomic E-state index is 12.3. The number of sulfonamides is 1. The molecule has 2 aromatic carbocycles. The average molecular weight is 534 g/mol. The number of anilines is 4. The van der Waals surface area contributed by atoms with Crippen molar-refractivity contribution in [3.05, 3.63) is 60.9 Å². The molecule has 4 aromatic rings. The average Bonchev–Trinajstić information content (AvgIpc) is 3.51. The van der Waals surface area contributed by atoms with Gasteiger partial charge in [0, 0.05) is 67.9 Å². The number of ether oxygens (including phenoxy) is 1. The van der Waals surface area contributed by atoms with E-state index in [0.717, 1.165) is 60.0 Å². The third-order valence-electron chi connectivity index (χ3n) is 7.24. The summed E-state index contributed by atoms with van der Waals surface area (Å²) in [5, 5.41) is 4.22. The molecule has 38 heavy (non-hydrogen) atoms. The Balaban J connectivity index is 1.25. The molecule has 0 atom stereocenters. The van der Waals surface area contributed by atoms with Gasteiger partial charge >= 0.3 is 0 Å². The van der Waals surface area contributed by atoms with Crippen LogP contribution >= 0.6 is 0 Å². The smallest absolute Gasteiger partial charge is 0.235 e. The lowest BCUT2D eigenvalue weighted by Crippen LogP contribution is -2.44. The van der Waals surface area contributed by atoms with Crippen LogP contribution < -0.4 is 19.3 Å². The third-order valence-corrected chi connectivity index (χ3v) is 9.11. The summed E-state index contributed by atoms with van der Waals surface area (Å²) < 4.78 is 33.7. The number of benzene rings is 2. The minimum absolute atomic E-state index is 0.201. The summed E-state index contributed by atoms with van der Waals surface area (Å²) >= 11 is 0. The summed E-state index contributed by atoms with van der Waals surface area (Å²) in [6.07, 6.45) is 4.38. The Hall–Kier alpha value is -3.83. The fourth-order valence-electron chi connectivity index (χ4n) is 5.06. The molecule has 2 saturated heterocycles. The van der Waals surface area contributed by atoms with Crippen molar-refractivity contribution < 1.29 is 13.2 Å². The summed E-state index contributed by atoms with van der Waals surface area (Å²) in [5.74, 6) is 1.39. The molecular weight excluding hydrogens is 502 g/mol. The van der Waals surface area contributed by atoms with E-state index in [9.17, 15) is 8.42 Å². The van der Waals surface area contributed by atoms with Crippen LogP contribution in [-0.4, -0.2) is 80.5 Å². The van der Waals surface area contributed by atoms with E-state index in [1.807, 2.05) is 47.2 Å². The maximum Gasteiger partial charge on any atom is 0.235 e. The number of hydrogen-bond donors (Lipinski definition) is 1. The maximum absolute atomic E-state index is 12.3. The summed E-state index contributed by atoms with van der Waals surface area (Å²) in [6.45, 7) is 4.57. The highest BCUT2D eigenvalue weighted by molar-refractivity contribution is 7.93. The molecule has 0 amide bonds. The van der Waals surface area contributed by atoms with Gasteiger partial charge in [0.05, 0.1) is 24.2 Å². The number of fused-ring (bicyclic) bond motifs is 1. The van der Waals surface area contributed by atoms with Crippen LogP contribution in [0, 0.1) is 0 Å². The number of aromatic nitrogens is 3. The van der Waals surface area contributed by atoms with Crippen LogP contribution in [-0.2, 0) is 10.0 Å². The number of rotatable bonds is 6. The SMILES string of the molecule is COc1cc(N2CCN(C)CC2)ccc1Nc1ncc2ccn(-c3ccc(N4CCCS4(=O)=O)cc3)c2n1. The van der Waals surface area contributed by atoms with E-state index in [2.05, 4.69) is 39.3 Å². The first-order valence-electron chi connectivity index (χ1n) is 12.7. The van der Waals surface area contributed by atoms with Crippen LogP contribution in [0.1, 0.15) is 6.42 Å². The molecule has 10 nitrogen and oxygen atoms in total. The van der Waals surface area contributed by atoms with Crippen LogP contribution in [0.5, 0.6) is 5.75 Å². The van der Waals surface area contributed by atoms with Crippen LogP contribution in [0.25, 0.3) is 16.7 Å². The Morgan fingerprint density at radius 2 is 1.66 bits per heavy atom. The number of likely N-dealkylation sites (N-methyl/N-ethyl adjacent to an activating group) is 1. The van der Waals surface area contributed by atoms with E-state index in [-0.39, 0.29) is 5.75 Å². The third kappa shape index (κ3) is 4.63. The number of nitrogens with zero attached hydrogens (tertiary/aromatic N) is 6. The first-order chi connectivity index (χ1) is 18.4. The summed E-state index contributed by atoms with van der Waals surface area (Å²) in [4.78, 5) is 14.0. The predicted molar refractivity (Wildman–Crippen MR) is 151 cm³/mol. The molecule has 0 radical (unpaired) electrons. The molecule has 0 aliphatic carbocycles. The van der Waals surface area contributed by atoms with Crippen LogP contribution in [0.3, 0.4) is 0 Å². The van der Waals surface area contributed by atoms with E-state index in [1.165, 1.54) is 4.31 Å². The van der Waals surface area contributed by atoms with Crippen molar-refractivity contribution in [1.82, 2.24) is 19.4 Å². The van der Waals surface area contributed by atoms with E-state index in [4.69, 9.17) is 9.72 Å². The van der Waals surface area contributed by atoms with Crippen molar-refractivity contribution in [3.8, 4) is 11.4 Å². The Labute approximate surface area is 222 Å². The first kappa shape index (κ1) is 24.5. The molecule has 1 N–H and O–H groups in total. The highest BCUT2D eigenvalue weighted by Crippen LogP contribution is 2.32. The molecule has 2 fully saturated rings. The molecule has 0 unspecified atom stereocenters. The standard InChI is InChI=1S/C27H31N7O3S/c1-31-13-15-32(16-14-31)23-8-9-24(25(18-23)37-2)29-27-28-19-20-10-12-33(26(20)30-27)21-4-6-22(7-5-21)34-11-3-17-38(34,35)36/h4-10,12,18-19H,3,11,13-17H2,1-2H3,(H,28,29,30). The Morgan fingerprint density at radius 1 is 0.921 bits per heavy atom. The van der Waals surface area contributed by atoms with Crippen molar-refractivity contribution in [2.24, 2.45) is 0 Å². The Bertz CT molecular complexity index is 1560. The predicted octanol–water partition coefficient (Wildman–Crippen LogP) is 3.46. The monoisotopic (exact) mass is 533 g/mol. The minimum Gasteiger partial charge on any atom is -0.494 e. The summed E-state index contributed by atoms with van der Waals surface area (Å²) in [5.41, 5.74) is 4.25. The van der Waals surface area contributed by atoms with Crippen LogP contribution in [0.15, 0.2) is 60.9 Å². The Kier molecular flexibility index (Phi) is 6.32. The fraction of sp³-hybridized carbons (Fsp3) is 0.333. The zero-order valence-corrected chi connectivity index (χ0v) is 22.4. The van der Waals surface area contributed by atoms with Gasteiger partial charge in [-0.15, -0.1) is 0 Å². The Morgan fingerprint density at radius 3 is 2.37 bits per heavy atom. The van der Waals surface area contributed by atoms with Gasteiger partial charge in [-0.2, -0.15) is 4.98 Å². The van der Waals surface area contributed by atoms with Gasteiger partial charge in [0.1, 0.15) is 11.4 Å². The van der Waals surface area contributed by atoms with Gasteiger partial charge in [-0.05, 0) is 55.9 Å². The molecule has 0 spiro atoms. The molecule has 2 aliphatic rings. The highest BCUT2D eigenvalue weighted by atomic mass is 32.2. The van der Waals surface area contributed by atoms with Crippen molar-refractivity contribution in [2.75, 3.05) is 67.2 Å². The quantitative estimate of drug-likeness (QED) is 0.403. The van der Waals surface area contributed by atoms with Gasteiger partial charge in [-0.25, -0.2) is 13.4 Å². The van der Waals surface area contributed by atoms with Gasteiger partial charge in [0.25, 0.3) is 0 Å². The first-order valence-corrected chi connectivity index (χ1v) is 14.4. The molecule has 11 heteroatoms. The minimum atomic E-state index is -3.21. The number of nitrogens with one attached hydrogen (secondary N) is 1. The van der Waals surface area contributed by atoms with Gasteiger partial charge in [-0.1, -0.05) is 0 Å². The molecule has 2 aliphatic heterocycles. The number of hydrogen-bond acceptors (Lipinski definition) is 8. The second kappa shape index (κ2) is 9.80. The lowest BCUT2D eigenvalue weighted by Gasteiger charge is -2.34. The summed E-state index contributed by atoms with van der Waals surface area (Å²) in [6, 6.07) is 15.6. The second-order valence-corrected chi connectivity index (χ2v) is 11.7. The molecule has 0 saturated carbocycles. The highest BCUT2D eigenvalue weighted by Gasteiger charge is 2.28. The van der Waals surface area contributed by atoms with Gasteiger partial charge in [0.15, 0.2) is 0 Å². The molecule has 4 heterocycles. The van der Waals surface area contributed by atoms with E-state index in [1.54, 1.807) is 13.3 Å². The normalized spacial score (nSPS) is 17.7. The van der Waals surface area contributed by atoms with E-state index < -0.39 is 10.0 Å².